The molecule has 0 aliphatic carbocycles. The van der Waals surface area contributed by atoms with E-state index < -0.39 is 56.3 Å². The molecule has 2 aromatic carbocycles. The van der Waals surface area contributed by atoms with Crippen molar-refractivity contribution in [3.63, 3.8) is 0 Å². The van der Waals surface area contributed by atoms with Crippen LogP contribution in [0.15, 0.2) is 41.3 Å². The lowest BCUT2D eigenvalue weighted by molar-refractivity contribution is -0.144. The molecule has 30 heavy (non-hydrogen) atoms. The van der Waals surface area contributed by atoms with Crippen LogP contribution in [0, 0.1) is 0 Å². The Kier molecular flexibility index (Phi) is 6.75. The molecule has 1 N–H and O–H groups in total. The van der Waals surface area contributed by atoms with Gasteiger partial charge in [-0.25, -0.2) is 22.0 Å². The third kappa shape index (κ3) is 5.07. The highest BCUT2D eigenvalue weighted by Crippen LogP contribution is 2.40. The number of ether oxygens (including phenoxy) is 1. The van der Waals surface area contributed by atoms with E-state index in [-0.39, 0.29) is 16.9 Å². The van der Waals surface area contributed by atoms with Gasteiger partial charge in [-0.3, -0.25) is 0 Å². The molecule has 0 spiro atoms. The molecule has 2 rings (SSSR count). The molecule has 0 aliphatic rings. The van der Waals surface area contributed by atoms with Gasteiger partial charge in [0.05, 0.1) is 16.2 Å². The second-order valence-corrected chi connectivity index (χ2v) is 8.51. The lowest BCUT2D eigenvalue weighted by Crippen LogP contribution is -2.23. The van der Waals surface area contributed by atoms with Crippen molar-refractivity contribution >= 4 is 15.8 Å². The molecule has 11 heteroatoms. The highest BCUT2D eigenvalue weighted by atomic mass is 32.2. The van der Waals surface area contributed by atoms with Crippen LogP contribution in [0.5, 0.6) is 5.75 Å². The minimum atomic E-state index is -5.04. The molecule has 164 valence electrons. The third-order valence-electron chi connectivity index (χ3n) is 4.22. The van der Waals surface area contributed by atoms with Crippen molar-refractivity contribution < 1.29 is 45.0 Å². The predicted molar refractivity (Wildman–Crippen MR) is 97.3 cm³/mol. The van der Waals surface area contributed by atoms with E-state index in [0.29, 0.717) is 6.07 Å². The summed E-state index contributed by atoms with van der Waals surface area (Å²) in [4.78, 5) is 10.1. The number of alkyl halides is 5. The van der Waals surface area contributed by atoms with E-state index in [9.17, 15) is 35.2 Å². The molecule has 5 nitrogen and oxygen atoms in total. The predicted octanol–water partition coefficient (Wildman–Crippen LogP) is 4.96. The smallest absolute Gasteiger partial charge is 0.417 e. The van der Waals surface area contributed by atoms with Crippen molar-refractivity contribution in [3.8, 4) is 16.9 Å². The van der Waals surface area contributed by atoms with E-state index >= 15 is 0 Å². The number of benzene rings is 2. The van der Waals surface area contributed by atoms with Gasteiger partial charge in [-0.2, -0.15) is 13.2 Å². The van der Waals surface area contributed by atoms with Crippen LogP contribution in [0.25, 0.3) is 11.1 Å². The van der Waals surface area contributed by atoms with Crippen molar-refractivity contribution in [2.75, 3.05) is 5.75 Å². The van der Waals surface area contributed by atoms with Crippen LogP contribution in [0.2, 0.25) is 0 Å². The lowest BCUT2D eigenvalue weighted by Gasteiger charge is -2.18. The zero-order valence-electron chi connectivity index (χ0n) is 15.7. The molecule has 0 bridgehead atoms. The van der Waals surface area contributed by atoms with E-state index in [1.165, 1.54) is 6.92 Å². The summed E-state index contributed by atoms with van der Waals surface area (Å²) >= 11 is 0. The standard InChI is InChI=1S/C19H17F5O5S/c1-3-30(27,28)16-7-5-11(9-14(16)19(22,23)24)13-8-12(17(20)21)4-6-15(13)29-10(2)18(25)26/h4-10,17H,3H2,1-2H3,(H,25,26)/t10-/m0/s1. The minimum Gasteiger partial charge on any atom is -0.479 e. The zero-order valence-corrected chi connectivity index (χ0v) is 16.5. The Hall–Kier alpha value is -2.69. The lowest BCUT2D eigenvalue weighted by atomic mass is 9.99. The molecule has 0 amide bonds. The van der Waals surface area contributed by atoms with Crippen molar-refractivity contribution in [1.82, 2.24) is 0 Å². The number of hydrogen-bond acceptors (Lipinski definition) is 4. The van der Waals surface area contributed by atoms with Crippen LogP contribution < -0.4 is 4.74 Å². The number of hydrogen-bond donors (Lipinski definition) is 1. The highest BCUT2D eigenvalue weighted by Gasteiger charge is 2.37. The minimum absolute atomic E-state index is 0.230. The van der Waals surface area contributed by atoms with Crippen molar-refractivity contribution in [3.05, 3.63) is 47.5 Å². The van der Waals surface area contributed by atoms with E-state index in [1.54, 1.807) is 0 Å². The monoisotopic (exact) mass is 452 g/mol. The first-order valence-corrected chi connectivity index (χ1v) is 10.2. The summed E-state index contributed by atoms with van der Waals surface area (Å²) in [5.74, 6) is -2.19. The first kappa shape index (κ1) is 23.6. The molecule has 0 saturated carbocycles. The van der Waals surface area contributed by atoms with Gasteiger partial charge < -0.3 is 9.84 Å². The molecule has 0 aromatic heterocycles. The third-order valence-corrected chi connectivity index (χ3v) is 6.00. The highest BCUT2D eigenvalue weighted by molar-refractivity contribution is 7.91. The fraction of sp³-hybridized carbons (Fsp3) is 0.316. The Balaban J connectivity index is 2.75. The second-order valence-electron chi connectivity index (χ2n) is 6.27. The van der Waals surface area contributed by atoms with Gasteiger partial charge in [0.25, 0.3) is 6.43 Å². The van der Waals surface area contributed by atoms with Crippen LogP contribution in [-0.2, 0) is 20.8 Å². The van der Waals surface area contributed by atoms with Crippen molar-refractivity contribution in [2.45, 2.75) is 37.4 Å². The Bertz CT molecular complexity index is 1050. The SMILES string of the molecule is CCS(=O)(=O)c1ccc(-c2cc(C(F)F)ccc2O[C@@H](C)C(=O)O)cc1C(F)(F)F. The van der Waals surface area contributed by atoms with Gasteiger partial charge in [-0.15, -0.1) is 0 Å². The average Bonchev–Trinajstić information content (AvgIpc) is 2.66. The van der Waals surface area contributed by atoms with Crippen molar-refractivity contribution in [2.24, 2.45) is 0 Å². The fourth-order valence-corrected chi connectivity index (χ4v) is 3.69. The van der Waals surface area contributed by atoms with Crippen molar-refractivity contribution in [1.29, 1.82) is 0 Å². The molecule has 0 heterocycles. The number of carboxylic acids is 1. The van der Waals surface area contributed by atoms with E-state index in [2.05, 4.69) is 0 Å². The Morgan fingerprint density at radius 1 is 1.13 bits per heavy atom. The maximum Gasteiger partial charge on any atom is 0.417 e. The summed E-state index contributed by atoms with van der Waals surface area (Å²) in [6, 6.07) is 5.15. The van der Waals surface area contributed by atoms with E-state index in [0.717, 1.165) is 37.3 Å². The summed E-state index contributed by atoms with van der Waals surface area (Å²) in [5.41, 5.74) is -2.47. The summed E-state index contributed by atoms with van der Waals surface area (Å²) in [7, 11) is -4.22. The Morgan fingerprint density at radius 2 is 1.77 bits per heavy atom. The van der Waals surface area contributed by atoms with Crippen LogP contribution in [0.4, 0.5) is 22.0 Å². The number of aliphatic carboxylic acids is 1. The van der Waals surface area contributed by atoms with Gasteiger partial charge in [0.1, 0.15) is 5.75 Å². The quantitative estimate of drug-likeness (QED) is 0.601. The molecule has 0 aliphatic heterocycles. The number of carbonyl (C=O) groups is 1. The number of halogens is 5. The van der Waals surface area contributed by atoms with Gasteiger partial charge in [-0.05, 0) is 42.8 Å². The summed E-state index contributed by atoms with van der Waals surface area (Å²) in [6.07, 6.45) is -9.40. The fourth-order valence-electron chi connectivity index (χ4n) is 2.60. The van der Waals surface area contributed by atoms with Gasteiger partial charge in [0, 0.05) is 11.1 Å². The zero-order chi connectivity index (χ0) is 22.9. The number of carboxylic acid groups (broad SMARTS) is 1. The van der Waals surface area contributed by atoms with Gasteiger partial charge in [0.2, 0.25) is 0 Å². The Morgan fingerprint density at radius 3 is 2.27 bits per heavy atom. The first-order chi connectivity index (χ1) is 13.8. The number of sulfone groups is 1. The average molecular weight is 452 g/mol. The molecule has 1 atom stereocenters. The summed E-state index contributed by atoms with van der Waals surface area (Å²) in [6.45, 7) is 2.35. The van der Waals surface area contributed by atoms with Gasteiger partial charge in [0.15, 0.2) is 15.9 Å². The van der Waals surface area contributed by atoms with Crippen LogP contribution in [0.1, 0.15) is 31.4 Å². The largest absolute Gasteiger partial charge is 0.479 e. The molecule has 2 aromatic rings. The van der Waals surface area contributed by atoms with Gasteiger partial charge in [-0.1, -0.05) is 13.0 Å². The molecule has 0 radical (unpaired) electrons. The second kappa shape index (κ2) is 8.58. The van der Waals surface area contributed by atoms with Gasteiger partial charge >= 0.3 is 12.1 Å². The molecular formula is C19H17F5O5S. The maximum absolute atomic E-state index is 13.5. The van der Waals surface area contributed by atoms with Crippen LogP contribution in [-0.4, -0.2) is 31.4 Å². The maximum atomic E-state index is 13.5. The summed E-state index contributed by atoms with van der Waals surface area (Å²) in [5, 5.41) is 8.99. The topological polar surface area (TPSA) is 80.7 Å². The first-order valence-electron chi connectivity index (χ1n) is 8.53. The van der Waals surface area contributed by atoms with Crippen LogP contribution in [0.3, 0.4) is 0 Å². The normalized spacial score (nSPS) is 13.3. The van der Waals surface area contributed by atoms with E-state index in [1.807, 2.05) is 0 Å². The summed E-state index contributed by atoms with van der Waals surface area (Å²) < 4.78 is 96.2. The molecule has 0 fully saturated rings. The Labute approximate surface area is 169 Å². The molecule has 0 saturated heterocycles. The number of rotatable bonds is 7. The van der Waals surface area contributed by atoms with E-state index in [4.69, 9.17) is 9.84 Å². The van der Waals surface area contributed by atoms with Crippen LogP contribution >= 0.6 is 0 Å². The molecular weight excluding hydrogens is 435 g/mol. The molecule has 0 unspecified atom stereocenters.